The van der Waals surface area contributed by atoms with Crippen molar-refractivity contribution in [3.63, 3.8) is 0 Å². The molecule has 0 spiro atoms. The van der Waals surface area contributed by atoms with E-state index in [0.29, 0.717) is 12.2 Å². The Kier molecular flexibility index (Phi) is 3.79. The Labute approximate surface area is 145 Å². The molecule has 2 atom stereocenters. The Hall–Kier alpha value is -2.69. The van der Waals surface area contributed by atoms with Gasteiger partial charge in [0, 0.05) is 30.4 Å². The molecule has 2 unspecified atom stereocenters. The third-order valence-corrected chi connectivity index (χ3v) is 5.04. The number of benzene rings is 2. The van der Waals surface area contributed by atoms with Crippen LogP contribution in [0, 0.1) is 11.7 Å². The van der Waals surface area contributed by atoms with Gasteiger partial charge in [-0.3, -0.25) is 9.59 Å². The highest BCUT2D eigenvalue weighted by Gasteiger charge is 2.41. The average Bonchev–Trinajstić information content (AvgIpc) is 3.13. The number of hydrogen-bond donors (Lipinski definition) is 0. The molecule has 2 aromatic rings. The minimum atomic E-state index is -0.399. The number of carbonyl (C=O) groups excluding carboxylic acids is 2. The van der Waals surface area contributed by atoms with Gasteiger partial charge in [-0.15, -0.1) is 0 Å². The molecular formula is C20H19FN2O2. The third-order valence-electron chi connectivity index (χ3n) is 5.04. The van der Waals surface area contributed by atoms with Crippen LogP contribution in [0.1, 0.15) is 18.9 Å². The Balaban J connectivity index is 1.57. The van der Waals surface area contributed by atoms with Crippen LogP contribution < -0.4 is 9.80 Å². The number of fused-ring (bicyclic) bond motifs is 1. The summed E-state index contributed by atoms with van der Waals surface area (Å²) in [5.74, 6) is -0.944. The largest absolute Gasteiger partial charge is 0.311 e. The molecule has 2 heterocycles. The van der Waals surface area contributed by atoms with Crippen molar-refractivity contribution in [3.8, 4) is 0 Å². The molecule has 0 radical (unpaired) electrons. The summed E-state index contributed by atoms with van der Waals surface area (Å²) in [6.07, 6.45) is 0.997. The maximum atomic E-state index is 13.5. The van der Waals surface area contributed by atoms with E-state index in [1.807, 2.05) is 36.1 Å². The zero-order valence-corrected chi connectivity index (χ0v) is 14.0. The monoisotopic (exact) mass is 338 g/mol. The number of hydrogen-bond acceptors (Lipinski definition) is 2. The van der Waals surface area contributed by atoms with E-state index in [1.54, 1.807) is 12.1 Å². The molecule has 2 aliphatic heterocycles. The molecular weight excluding hydrogens is 319 g/mol. The van der Waals surface area contributed by atoms with Crippen LogP contribution in [-0.2, 0) is 16.0 Å². The van der Waals surface area contributed by atoms with Gasteiger partial charge in [0.25, 0.3) is 0 Å². The summed E-state index contributed by atoms with van der Waals surface area (Å²) in [4.78, 5) is 28.8. The molecule has 1 saturated heterocycles. The fourth-order valence-electron chi connectivity index (χ4n) is 3.86. The smallest absolute Gasteiger partial charge is 0.232 e. The lowest BCUT2D eigenvalue weighted by atomic mass is 10.1. The minimum Gasteiger partial charge on any atom is -0.311 e. The van der Waals surface area contributed by atoms with Crippen molar-refractivity contribution < 1.29 is 14.0 Å². The Morgan fingerprint density at radius 2 is 1.92 bits per heavy atom. The van der Waals surface area contributed by atoms with Gasteiger partial charge in [0.1, 0.15) is 5.82 Å². The average molecular weight is 338 g/mol. The van der Waals surface area contributed by atoms with Gasteiger partial charge in [0.15, 0.2) is 0 Å². The standard InChI is InChI=1S/C20H19FN2O2/c1-13-9-14-5-2-3-8-18(14)23(13)20(25)15-10-19(24)22(12-15)17-7-4-6-16(21)11-17/h2-8,11,13,15H,9-10,12H2,1H3. The molecule has 0 saturated carbocycles. The van der Waals surface area contributed by atoms with Gasteiger partial charge in [-0.1, -0.05) is 24.3 Å². The molecule has 2 aromatic carbocycles. The van der Waals surface area contributed by atoms with Crippen molar-refractivity contribution >= 4 is 23.2 Å². The quantitative estimate of drug-likeness (QED) is 0.844. The van der Waals surface area contributed by atoms with Crippen molar-refractivity contribution in [3.05, 3.63) is 59.9 Å². The predicted octanol–water partition coefficient (Wildman–Crippen LogP) is 3.16. The molecule has 128 valence electrons. The fraction of sp³-hybridized carbons (Fsp3) is 0.300. The van der Waals surface area contributed by atoms with Gasteiger partial charge in [-0.25, -0.2) is 4.39 Å². The minimum absolute atomic E-state index is 0.0234. The van der Waals surface area contributed by atoms with Gasteiger partial charge in [0.05, 0.1) is 5.92 Å². The molecule has 4 rings (SSSR count). The van der Waals surface area contributed by atoms with Crippen LogP contribution in [-0.4, -0.2) is 24.4 Å². The summed E-state index contributed by atoms with van der Waals surface area (Å²) < 4.78 is 13.5. The predicted molar refractivity (Wildman–Crippen MR) is 94.0 cm³/mol. The summed E-state index contributed by atoms with van der Waals surface area (Å²) >= 11 is 0. The van der Waals surface area contributed by atoms with Gasteiger partial charge < -0.3 is 9.80 Å². The Bertz CT molecular complexity index is 851. The van der Waals surface area contributed by atoms with Gasteiger partial charge >= 0.3 is 0 Å². The van der Waals surface area contributed by atoms with Gasteiger partial charge in [-0.05, 0) is 43.2 Å². The van der Waals surface area contributed by atoms with Crippen molar-refractivity contribution in [2.75, 3.05) is 16.3 Å². The lowest BCUT2D eigenvalue weighted by molar-refractivity contribution is -0.124. The van der Waals surface area contributed by atoms with E-state index in [0.717, 1.165) is 17.7 Å². The van der Waals surface area contributed by atoms with Crippen LogP contribution in [0.15, 0.2) is 48.5 Å². The van der Waals surface area contributed by atoms with Gasteiger partial charge in [-0.2, -0.15) is 0 Å². The number of carbonyl (C=O) groups is 2. The molecule has 4 nitrogen and oxygen atoms in total. The SMILES string of the molecule is CC1Cc2ccccc2N1C(=O)C1CC(=O)N(c2cccc(F)c2)C1. The molecule has 5 heteroatoms. The topological polar surface area (TPSA) is 40.6 Å². The Morgan fingerprint density at radius 3 is 2.72 bits per heavy atom. The highest BCUT2D eigenvalue weighted by molar-refractivity contribution is 6.05. The van der Waals surface area contributed by atoms with E-state index >= 15 is 0 Å². The van der Waals surface area contributed by atoms with Crippen LogP contribution in [0.4, 0.5) is 15.8 Å². The summed E-state index contributed by atoms with van der Waals surface area (Å²) in [6.45, 7) is 2.32. The van der Waals surface area contributed by atoms with E-state index in [-0.39, 0.29) is 30.1 Å². The first-order valence-electron chi connectivity index (χ1n) is 8.51. The number of para-hydroxylation sites is 1. The first-order chi connectivity index (χ1) is 12.0. The zero-order chi connectivity index (χ0) is 17.6. The van der Waals surface area contributed by atoms with Crippen molar-refractivity contribution in [2.45, 2.75) is 25.8 Å². The zero-order valence-electron chi connectivity index (χ0n) is 14.0. The van der Waals surface area contributed by atoms with Crippen LogP contribution in [0.5, 0.6) is 0 Å². The van der Waals surface area contributed by atoms with E-state index in [2.05, 4.69) is 0 Å². The second kappa shape index (κ2) is 5.99. The van der Waals surface area contributed by atoms with E-state index in [1.165, 1.54) is 17.0 Å². The second-order valence-electron chi connectivity index (χ2n) is 6.78. The van der Waals surface area contributed by atoms with E-state index < -0.39 is 5.92 Å². The second-order valence-corrected chi connectivity index (χ2v) is 6.78. The van der Waals surface area contributed by atoms with Crippen LogP contribution >= 0.6 is 0 Å². The van der Waals surface area contributed by atoms with Crippen molar-refractivity contribution in [1.29, 1.82) is 0 Å². The van der Waals surface area contributed by atoms with Crippen molar-refractivity contribution in [1.82, 2.24) is 0 Å². The van der Waals surface area contributed by atoms with Gasteiger partial charge in [0.2, 0.25) is 11.8 Å². The summed E-state index contributed by atoms with van der Waals surface area (Å²) in [5, 5.41) is 0. The molecule has 0 N–H and O–H groups in total. The molecule has 2 amide bonds. The molecule has 0 aromatic heterocycles. The van der Waals surface area contributed by atoms with E-state index in [9.17, 15) is 14.0 Å². The Morgan fingerprint density at radius 1 is 1.12 bits per heavy atom. The van der Waals surface area contributed by atoms with Crippen LogP contribution in [0.2, 0.25) is 0 Å². The number of amides is 2. The van der Waals surface area contributed by atoms with E-state index in [4.69, 9.17) is 0 Å². The lowest BCUT2D eigenvalue weighted by Crippen LogP contribution is -2.41. The first-order valence-corrected chi connectivity index (χ1v) is 8.51. The number of halogens is 1. The third kappa shape index (κ3) is 2.69. The normalized spacial score (nSPS) is 22.4. The summed E-state index contributed by atoms with van der Waals surface area (Å²) in [6, 6.07) is 13.9. The number of nitrogens with zero attached hydrogens (tertiary/aromatic N) is 2. The highest BCUT2D eigenvalue weighted by Crippen LogP contribution is 2.35. The van der Waals surface area contributed by atoms with Crippen LogP contribution in [0.3, 0.4) is 0 Å². The first kappa shape index (κ1) is 15.8. The highest BCUT2D eigenvalue weighted by atomic mass is 19.1. The van der Waals surface area contributed by atoms with Crippen molar-refractivity contribution in [2.24, 2.45) is 5.92 Å². The lowest BCUT2D eigenvalue weighted by Gasteiger charge is -2.26. The maximum absolute atomic E-state index is 13.5. The molecule has 0 bridgehead atoms. The molecule has 1 fully saturated rings. The summed E-state index contributed by atoms with van der Waals surface area (Å²) in [7, 11) is 0. The summed E-state index contributed by atoms with van der Waals surface area (Å²) in [5.41, 5.74) is 2.61. The molecule has 0 aliphatic carbocycles. The van der Waals surface area contributed by atoms with Crippen LogP contribution in [0.25, 0.3) is 0 Å². The number of rotatable bonds is 2. The number of anilines is 2. The maximum Gasteiger partial charge on any atom is 0.232 e. The fourth-order valence-corrected chi connectivity index (χ4v) is 3.86. The molecule has 2 aliphatic rings. The molecule has 25 heavy (non-hydrogen) atoms.